The predicted molar refractivity (Wildman–Crippen MR) is 80.9 cm³/mol. The third kappa shape index (κ3) is 2.54. The van der Waals surface area contributed by atoms with Gasteiger partial charge in [-0.15, -0.1) is 11.3 Å². The van der Waals surface area contributed by atoms with Gasteiger partial charge < -0.3 is 10.0 Å². The molecule has 1 aliphatic heterocycles. The van der Waals surface area contributed by atoms with E-state index in [0.717, 1.165) is 11.1 Å². The Balaban J connectivity index is 1.95. The lowest BCUT2D eigenvalue weighted by Gasteiger charge is -2.32. The summed E-state index contributed by atoms with van der Waals surface area (Å²) in [6.07, 6.45) is 0. The molecule has 0 bridgehead atoms. The summed E-state index contributed by atoms with van der Waals surface area (Å²) in [5.41, 5.74) is 1.66. The van der Waals surface area contributed by atoms with E-state index >= 15 is 0 Å². The minimum atomic E-state index is -0.919. The molecule has 1 unspecified atom stereocenters. The van der Waals surface area contributed by atoms with E-state index in [2.05, 4.69) is 0 Å². The molecule has 3 rings (SSSR count). The number of aliphatic carboxylic acids is 1. The van der Waals surface area contributed by atoms with Gasteiger partial charge in [0.2, 0.25) is 0 Å². The van der Waals surface area contributed by atoms with Crippen molar-refractivity contribution in [3.8, 4) is 0 Å². The van der Waals surface area contributed by atoms with Crippen molar-refractivity contribution in [2.75, 3.05) is 6.54 Å². The van der Waals surface area contributed by atoms with Crippen LogP contribution in [0.5, 0.6) is 0 Å². The normalized spacial score (nSPS) is 17.4. The van der Waals surface area contributed by atoms with Crippen molar-refractivity contribution >= 4 is 34.8 Å². The Morgan fingerprint density at radius 2 is 2.05 bits per heavy atom. The fourth-order valence-corrected chi connectivity index (χ4v) is 3.67. The number of carboxylic acid groups (broad SMARTS) is 1. The molecule has 4 nitrogen and oxygen atoms in total. The number of carbonyl (C=O) groups excluding carboxylic acids is 1. The molecule has 1 aromatic heterocycles. The van der Waals surface area contributed by atoms with Crippen LogP contribution in [-0.2, 0) is 11.3 Å². The molecule has 0 saturated carbocycles. The molecule has 1 atom stereocenters. The van der Waals surface area contributed by atoms with E-state index < -0.39 is 11.9 Å². The van der Waals surface area contributed by atoms with Crippen molar-refractivity contribution < 1.29 is 14.7 Å². The van der Waals surface area contributed by atoms with Gasteiger partial charge in [-0.25, -0.2) is 0 Å². The molecule has 0 spiro atoms. The zero-order chi connectivity index (χ0) is 15.0. The summed E-state index contributed by atoms with van der Waals surface area (Å²) in [4.78, 5) is 26.0. The first-order valence-electron chi connectivity index (χ1n) is 6.41. The van der Waals surface area contributed by atoms with E-state index in [9.17, 15) is 14.7 Å². The van der Waals surface area contributed by atoms with Gasteiger partial charge >= 0.3 is 5.97 Å². The fraction of sp³-hybridized carbons (Fsp3) is 0.200. The number of hydrogen-bond acceptors (Lipinski definition) is 3. The van der Waals surface area contributed by atoms with E-state index in [1.807, 2.05) is 24.3 Å². The number of thiophene rings is 1. The van der Waals surface area contributed by atoms with E-state index in [4.69, 9.17) is 11.6 Å². The summed E-state index contributed by atoms with van der Waals surface area (Å²) in [5.74, 6) is -1.83. The Labute approximate surface area is 130 Å². The van der Waals surface area contributed by atoms with E-state index in [1.165, 1.54) is 11.3 Å². The molecule has 2 aromatic rings. The molecule has 0 aliphatic carbocycles. The SMILES string of the molecule is O=C(O)C1CN(C(=O)c2sccc2Cl)Cc2ccccc21. The molecule has 0 radical (unpaired) electrons. The second-order valence-corrected chi connectivity index (χ2v) is 6.20. The van der Waals surface area contributed by atoms with Crippen LogP contribution < -0.4 is 0 Å². The summed E-state index contributed by atoms with van der Waals surface area (Å²) >= 11 is 7.27. The van der Waals surface area contributed by atoms with Crippen LogP contribution in [0.4, 0.5) is 0 Å². The average molecular weight is 322 g/mol. The number of nitrogens with zero attached hydrogens (tertiary/aromatic N) is 1. The van der Waals surface area contributed by atoms with E-state index in [0.29, 0.717) is 16.4 Å². The molecule has 6 heteroatoms. The molecule has 21 heavy (non-hydrogen) atoms. The number of benzene rings is 1. The second-order valence-electron chi connectivity index (χ2n) is 4.87. The molecule has 2 heterocycles. The quantitative estimate of drug-likeness (QED) is 0.924. The summed E-state index contributed by atoms with van der Waals surface area (Å²) in [6, 6.07) is 9.02. The van der Waals surface area contributed by atoms with Gasteiger partial charge in [-0.05, 0) is 22.6 Å². The van der Waals surface area contributed by atoms with Crippen LogP contribution in [0.3, 0.4) is 0 Å². The first kappa shape index (κ1) is 14.1. The molecular formula is C15H12ClNO3S. The molecular weight excluding hydrogens is 310 g/mol. The van der Waals surface area contributed by atoms with Crippen LogP contribution in [0.25, 0.3) is 0 Å². The van der Waals surface area contributed by atoms with Crippen molar-refractivity contribution in [3.63, 3.8) is 0 Å². The Kier molecular flexibility index (Phi) is 3.69. The van der Waals surface area contributed by atoms with Gasteiger partial charge in [0.25, 0.3) is 5.91 Å². The zero-order valence-electron chi connectivity index (χ0n) is 11.0. The maximum Gasteiger partial charge on any atom is 0.312 e. The minimum absolute atomic E-state index is 0.166. The number of halogens is 1. The number of rotatable bonds is 2. The van der Waals surface area contributed by atoms with Crippen LogP contribution in [0.1, 0.15) is 26.7 Å². The van der Waals surface area contributed by atoms with Gasteiger partial charge in [-0.2, -0.15) is 0 Å². The third-order valence-electron chi connectivity index (χ3n) is 3.59. The summed E-state index contributed by atoms with van der Waals surface area (Å²) in [7, 11) is 0. The maximum absolute atomic E-state index is 12.5. The second kappa shape index (κ2) is 5.50. The molecule has 1 aromatic carbocycles. The van der Waals surface area contributed by atoms with Gasteiger partial charge in [0.1, 0.15) is 4.88 Å². The summed E-state index contributed by atoms with van der Waals surface area (Å²) < 4.78 is 0. The molecule has 0 saturated heterocycles. The molecule has 1 aliphatic rings. The van der Waals surface area contributed by atoms with Crippen molar-refractivity contribution in [1.82, 2.24) is 4.90 Å². The predicted octanol–water partition coefficient (Wildman–Crippen LogP) is 3.23. The first-order valence-corrected chi connectivity index (χ1v) is 7.66. The first-order chi connectivity index (χ1) is 10.1. The van der Waals surface area contributed by atoms with Gasteiger partial charge in [-0.3, -0.25) is 9.59 Å². The highest BCUT2D eigenvalue weighted by Crippen LogP contribution is 2.31. The van der Waals surface area contributed by atoms with Crippen LogP contribution in [0.2, 0.25) is 5.02 Å². The number of amides is 1. The van der Waals surface area contributed by atoms with Crippen molar-refractivity contribution in [2.24, 2.45) is 0 Å². The Morgan fingerprint density at radius 1 is 1.29 bits per heavy atom. The Morgan fingerprint density at radius 3 is 2.71 bits per heavy atom. The molecule has 108 valence electrons. The van der Waals surface area contributed by atoms with Gasteiger partial charge in [0.15, 0.2) is 0 Å². The molecule has 0 fully saturated rings. The van der Waals surface area contributed by atoms with Gasteiger partial charge in [0.05, 0.1) is 10.9 Å². The summed E-state index contributed by atoms with van der Waals surface area (Å²) in [5, 5.41) is 11.6. The topological polar surface area (TPSA) is 57.6 Å². The van der Waals surface area contributed by atoms with Crippen molar-refractivity contribution in [3.05, 3.63) is 56.7 Å². The lowest BCUT2D eigenvalue weighted by molar-refractivity contribution is -0.139. The lowest BCUT2D eigenvalue weighted by Crippen LogP contribution is -2.40. The Hall–Kier alpha value is -1.85. The highest BCUT2D eigenvalue weighted by atomic mass is 35.5. The highest BCUT2D eigenvalue weighted by Gasteiger charge is 2.33. The van der Waals surface area contributed by atoms with Crippen LogP contribution >= 0.6 is 22.9 Å². The summed E-state index contributed by atoms with van der Waals surface area (Å²) in [6.45, 7) is 0.576. The number of carboxylic acids is 1. The van der Waals surface area contributed by atoms with Crippen molar-refractivity contribution in [2.45, 2.75) is 12.5 Å². The lowest BCUT2D eigenvalue weighted by atomic mass is 9.90. The Bertz CT molecular complexity index is 712. The van der Waals surface area contributed by atoms with E-state index in [1.54, 1.807) is 16.3 Å². The van der Waals surface area contributed by atoms with Gasteiger partial charge in [-0.1, -0.05) is 35.9 Å². The standard InChI is InChI=1S/C15H12ClNO3S/c16-12-5-6-21-13(12)14(18)17-7-9-3-1-2-4-10(9)11(8-17)15(19)20/h1-6,11H,7-8H2,(H,19,20). The van der Waals surface area contributed by atoms with Gasteiger partial charge in [0, 0.05) is 13.1 Å². The van der Waals surface area contributed by atoms with Crippen LogP contribution in [0, 0.1) is 0 Å². The minimum Gasteiger partial charge on any atom is -0.481 e. The highest BCUT2D eigenvalue weighted by molar-refractivity contribution is 7.12. The number of hydrogen-bond donors (Lipinski definition) is 1. The third-order valence-corrected chi connectivity index (χ3v) is 4.92. The molecule has 1 amide bonds. The van der Waals surface area contributed by atoms with E-state index in [-0.39, 0.29) is 12.5 Å². The average Bonchev–Trinajstić information content (AvgIpc) is 2.91. The monoisotopic (exact) mass is 321 g/mol. The van der Waals surface area contributed by atoms with Crippen molar-refractivity contribution in [1.29, 1.82) is 0 Å². The van der Waals surface area contributed by atoms with Crippen LogP contribution in [-0.4, -0.2) is 28.4 Å². The fourth-order valence-electron chi connectivity index (χ4n) is 2.56. The zero-order valence-corrected chi connectivity index (χ0v) is 12.5. The largest absolute Gasteiger partial charge is 0.481 e. The maximum atomic E-state index is 12.5. The number of carbonyl (C=O) groups is 2. The molecule has 1 N–H and O–H groups in total. The van der Waals surface area contributed by atoms with Crippen LogP contribution in [0.15, 0.2) is 35.7 Å². The smallest absolute Gasteiger partial charge is 0.312 e. The number of fused-ring (bicyclic) bond motifs is 1.